The molecule has 9 heavy (non-hydrogen) atoms. The monoisotopic (exact) mass is 207 g/mol. The van der Waals surface area contributed by atoms with E-state index in [4.69, 9.17) is 11.6 Å². The second-order valence-electron chi connectivity index (χ2n) is 1.49. The molecule has 0 bridgehead atoms. The Morgan fingerprint density at radius 2 is 2.22 bits per heavy atom. The lowest BCUT2D eigenvalue weighted by Gasteiger charge is -1.90. The summed E-state index contributed by atoms with van der Waals surface area (Å²) in [6.45, 7) is 0. The lowest BCUT2D eigenvalue weighted by atomic mass is 10.3. The molecule has 47 valence electrons. The van der Waals surface area contributed by atoms with Crippen LogP contribution >= 0.6 is 27.5 Å². The van der Waals surface area contributed by atoms with E-state index in [0.717, 1.165) is 0 Å². The standard InChI is InChI=1S/C6H2BrClF/c7-4-1-5(8)3-6(9)2-4/h2-3H. The largest absolute Gasteiger partial charge is 0.207 e. The molecule has 0 aliphatic carbocycles. The maximum atomic E-state index is 12.3. The van der Waals surface area contributed by atoms with Gasteiger partial charge in [-0.2, -0.15) is 0 Å². The summed E-state index contributed by atoms with van der Waals surface area (Å²) in [6, 6.07) is 5.15. The highest BCUT2D eigenvalue weighted by Gasteiger charge is 1.94. The van der Waals surface area contributed by atoms with Gasteiger partial charge in [0.15, 0.2) is 0 Å². The van der Waals surface area contributed by atoms with Crippen LogP contribution in [-0.4, -0.2) is 0 Å². The topological polar surface area (TPSA) is 0 Å². The van der Waals surface area contributed by atoms with Crippen LogP contribution in [0.25, 0.3) is 0 Å². The minimum absolute atomic E-state index is 0.280. The summed E-state index contributed by atoms with van der Waals surface area (Å²) < 4.78 is 12.8. The van der Waals surface area contributed by atoms with Crippen molar-refractivity contribution in [1.29, 1.82) is 0 Å². The molecule has 0 spiro atoms. The average Bonchev–Trinajstić information content (AvgIpc) is 1.59. The summed E-state index contributed by atoms with van der Waals surface area (Å²) >= 11 is 8.46. The van der Waals surface area contributed by atoms with E-state index in [0.29, 0.717) is 4.47 Å². The van der Waals surface area contributed by atoms with E-state index < -0.39 is 0 Å². The number of hydrogen-bond donors (Lipinski definition) is 0. The number of benzene rings is 1. The Morgan fingerprint density at radius 1 is 1.56 bits per heavy atom. The molecule has 0 aliphatic rings. The molecular formula is C6H2BrClF. The van der Waals surface area contributed by atoms with Crippen LogP contribution in [0.2, 0.25) is 5.02 Å². The fourth-order valence-electron chi connectivity index (χ4n) is 0.470. The predicted molar refractivity (Wildman–Crippen MR) is 37.9 cm³/mol. The van der Waals surface area contributed by atoms with Gasteiger partial charge in [-0.25, -0.2) is 4.39 Å². The van der Waals surface area contributed by atoms with Gasteiger partial charge in [0.2, 0.25) is 0 Å². The summed E-state index contributed by atoms with van der Waals surface area (Å²) in [5.74, 6) is -0.356. The van der Waals surface area contributed by atoms with Crippen molar-refractivity contribution in [2.45, 2.75) is 0 Å². The van der Waals surface area contributed by atoms with Gasteiger partial charge in [-0.05, 0) is 28.1 Å². The third-order valence-corrected chi connectivity index (χ3v) is 1.40. The van der Waals surface area contributed by atoms with Gasteiger partial charge < -0.3 is 0 Å². The molecule has 1 aromatic rings. The summed E-state index contributed by atoms with van der Waals surface area (Å²) in [6.07, 6.45) is 0. The van der Waals surface area contributed by atoms with Gasteiger partial charge in [0.1, 0.15) is 5.82 Å². The minimum Gasteiger partial charge on any atom is -0.207 e. The van der Waals surface area contributed by atoms with Crippen LogP contribution < -0.4 is 0 Å². The molecule has 0 atom stereocenters. The first-order chi connectivity index (χ1) is 4.18. The quantitative estimate of drug-likeness (QED) is 0.615. The maximum absolute atomic E-state index is 12.3. The Morgan fingerprint density at radius 3 is 2.67 bits per heavy atom. The molecule has 0 aliphatic heterocycles. The summed E-state index contributed by atoms with van der Waals surface area (Å²) in [7, 11) is 0. The van der Waals surface area contributed by atoms with E-state index in [2.05, 4.69) is 22.0 Å². The first-order valence-corrected chi connectivity index (χ1v) is 3.39. The van der Waals surface area contributed by atoms with Crippen molar-refractivity contribution in [1.82, 2.24) is 0 Å². The maximum Gasteiger partial charge on any atom is 0.125 e. The highest BCUT2D eigenvalue weighted by Crippen LogP contribution is 2.16. The van der Waals surface area contributed by atoms with Gasteiger partial charge in [0.25, 0.3) is 0 Å². The molecule has 1 radical (unpaired) electrons. The normalized spacial score (nSPS) is 9.67. The smallest absolute Gasteiger partial charge is 0.125 e. The Balaban J connectivity index is 3.17. The molecule has 0 fully saturated rings. The van der Waals surface area contributed by atoms with Gasteiger partial charge >= 0.3 is 0 Å². The van der Waals surface area contributed by atoms with Gasteiger partial charge in [-0.3, -0.25) is 0 Å². The third kappa shape index (κ3) is 1.95. The average molecular weight is 208 g/mol. The van der Waals surface area contributed by atoms with Gasteiger partial charge in [0.05, 0.1) is 5.02 Å². The molecule has 0 amide bonds. The molecule has 0 saturated heterocycles. The second-order valence-corrected chi connectivity index (χ2v) is 2.76. The molecule has 0 N–H and O–H groups in total. The highest BCUT2D eigenvalue weighted by atomic mass is 79.9. The lowest BCUT2D eigenvalue weighted by Crippen LogP contribution is -1.72. The van der Waals surface area contributed by atoms with Crippen molar-refractivity contribution in [3.8, 4) is 0 Å². The van der Waals surface area contributed by atoms with Crippen molar-refractivity contribution in [3.05, 3.63) is 33.5 Å². The number of halogens is 3. The van der Waals surface area contributed by atoms with Crippen molar-refractivity contribution in [3.63, 3.8) is 0 Å². The van der Waals surface area contributed by atoms with Crippen LogP contribution in [0.1, 0.15) is 0 Å². The van der Waals surface area contributed by atoms with Crippen LogP contribution in [0.15, 0.2) is 16.6 Å². The highest BCUT2D eigenvalue weighted by molar-refractivity contribution is 9.10. The summed E-state index contributed by atoms with van der Waals surface area (Å²) in [5.41, 5.74) is 0. The molecule has 1 aromatic carbocycles. The Hall–Kier alpha value is -0.0800. The molecule has 0 nitrogen and oxygen atoms in total. The second kappa shape index (κ2) is 2.67. The van der Waals surface area contributed by atoms with E-state index in [1.807, 2.05) is 0 Å². The predicted octanol–water partition coefficient (Wildman–Crippen LogP) is 3.04. The van der Waals surface area contributed by atoms with E-state index in [1.165, 1.54) is 12.1 Å². The summed E-state index contributed by atoms with van der Waals surface area (Å²) in [5, 5.41) is 0.280. The van der Waals surface area contributed by atoms with Crippen molar-refractivity contribution < 1.29 is 4.39 Å². The van der Waals surface area contributed by atoms with Gasteiger partial charge in [-0.1, -0.05) is 11.6 Å². The van der Waals surface area contributed by atoms with Crippen molar-refractivity contribution in [2.24, 2.45) is 0 Å². The molecule has 0 unspecified atom stereocenters. The molecule has 1 rings (SSSR count). The van der Waals surface area contributed by atoms with Crippen LogP contribution in [-0.2, 0) is 0 Å². The Bertz CT molecular complexity index is 174. The lowest BCUT2D eigenvalue weighted by molar-refractivity contribution is 0.627. The molecular weight excluding hydrogens is 206 g/mol. The zero-order chi connectivity index (χ0) is 6.85. The van der Waals surface area contributed by atoms with E-state index in [9.17, 15) is 4.39 Å². The number of rotatable bonds is 0. The Kier molecular flexibility index (Phi) is 2.09. The third-order valence-electron chi connectivity index (χ3n) is 0.768. The number of hydrogen-bond acceptors (Lipinski definition) is 0. The van der Waals surface area contributed by atoms with E-state index in [1.54, 1.807) is 0 Å². The first-order valence-electron chi connectivity index (χ1n) is 2.22. The summed E-state index contributed by atoms with van der Waals surface area (Å²) in [4.78, 5) is 0. The SMILES string of the molecule is Fc1cc(Cl)[c]c(Br)c1. The van der Waals surface area contributed by atoms with Crippen molar-refractivity contribution in [2.75, 3.05) is 0 Å². The molecule has 3 heteroatoms. The molecule has 0 saturated carbocycles. The zero-order valence-corrected chi connectivity index (χ0v) is 6.63. The van der Waals surface area contributed by atoms with Crippen LogP contribution in [0.5, 0.6) is 0 Å². The van der Waals surface area contributed by atoms with E-state index in [-0.39, 0.29) is 10.8 Å². The van der Waals surface area contributed by atoms with Crippen molar-refractivity contribution >= 4 is 27.5 Å². The molecule has 0 heterocycles. The first kappa shape index (κ1) is 7.03. The van der Waals surface area contributed by atoms with Gasteiger partial charge in [0, 0.05) is 10.5 Å². The minimum atomic E-state index is -0.356. The van der Waals surface area contributed by atoms with Crippen LogP contribution in [0.4, 0.5) is 4.39 Å². The fourth-order valence-corrected chi connectivity index (χ4v) is 1.22. The van der Waals surface area contributed by atoms with E-state index >= 15 is 0 Å². The zero-order valence-electron chi connectivity index (χ0n) is 4.29. The molecule has 0 aromatic heterocycles. The van der Waals surface area contributed by atoms with Crippen LogP contribution in [0, 0.1) is 11.9 Å². The van der Waals surface area contributed by atoms with Crippen LogP contribution in [0.3, 0.4) is 0 Å². The van der Waals surface area contributed by atoms with Gasteiger partial charge in [-0.15, -0.1) is 0 Å². The Labute approximate surface area is 65.8 Å². The fraction of sp³-hybridized carbons (Fsp3) is 0.